The third-order valence-corrected chi connectivity index (χ3v) is 3.18. The predicted octanol–water partition coefficient (Wildman–Crippen LogP) is -0.990. The molecular weight excluding hydrogens is 268 g/mol. The zero-order valence-electron chi connectivity index (χ0n) is 11.9. The van der Waals surface area contributed by atoms with E-state index < -0.39 is 30.7 Å². The molecule has 1 fully saturated rings. The van der Waals surface area contributed by atoms with Crippen LogP contribution in [0.2, 0.25) is 0 Å². The number of hydrogen-bond acceptors (Lipinski definition) is 7. The normalized spacial score (nSPS) is 30.1. The van der Waals surface area contributed by atoms with Crippen LogP contribution < -0.4 is 0 Å². The van der Waals surface area contributed by atoms with Crippen LogP contribution in [0.4, 0.5) is 0 Å². The fourth-order valence-corrected chi connectivity index (χ4v) is 2.16. The summed E-state index contributed by atoms with van der Waals surface area (Å²) in [6.07, 6.45) is -1.94. The maximum absolute atomic E-state index is 9.99. The number of hydrogen-bond donors (Lipinski definition) is 4. The highest BCUT2D eigenvalue weighted by Crippen LogP contribution is 2.21. The molecule has 1 aliphatic heterocycles. The van der Waals surface area contributed by atoms with Gasteiger partial charge >= 0.3 is 0 Å². The Balaban J connectivity index is 2.60. The van der Waals surface area contributed by atoms with Crippen LogP contribution in [0, 0.1) is 0 Å². The monoisotopic (exact) mass is 294 g/mol. The maximum Gasteiger partial charge on any atom is 0.183 e. The standard InChI is InChI=1S/C13H26O7/c1-2-3-10(17)13(18-5-4-14)20-11-6-9(16)8-19-12(11)7-15/h9-17H,2-8H2,1H3/t9?,10?,11-,12?,13+/m0/s1. The minimum Gasteiger partial charge on any atom is -0.394 e. The van der Waals surface area contributed by atoms with Crippen molar-refractivity contribution in [3.05, 3.63) is 0 Å². The van der Waals surface area contributed by atoms with Crippen molar-refractivity contribution < 1.29 is 34.6 Å². The molecule has 1 heterocycles. The summed E-state index contributed by atoms with van der Waals surface area (Å²) in [4.78, 5) is 0. The lowest BCUT2D eigenvalue weighted by molar-refractivity contribution is -0.258. The van der Waals surface area contributed by atoms with Crippen LogP contribution >= 0.6 is 0 Å². The van der Waals surface area contributed by atoms with Crippen molar-refractivity contribution in [1.29, 1.82) is 0 Å². The SMILES string of the molecule is CCCC(O)[C@H](OCCO)O[C@H]1CC(O)COC1CO. The van der Waals surface area contributed by atoms with Crippen molar-refractivity contribution in [3.63, 3.8) is 0 Å². The molecule has 1 saturated heterocycles. The first-order valence-electron chi connectivity index (χ1n) is 7.08. The molecular formula is C13H26O7. The fraction of sp³-hybridized carbons (Fsp3) is 1.00. The molecule has 1 rings (SSSR count). The summed E-state index contributed by atoms with van der Waals surface area (Å²) in [7, 11) is 0. The minimum absolute atomic E-state index is 0.0470. The van der Waals surface area contributed by atoms with Gasteiger partial charge in [-0.15, -0.1) is 0 Å². The second-order valence-corrected chi connectivity index (χ2v) is 4.94. The molecule has 7 heteroatoms. The number of aliphatic hydroxyl groups is 4. The zero-order chi connectivity index (χ0) is 15.0. The molecule has 0 aromatic rings. The van der Waals surface area contributed by atoms with Gasteiger partial charge in [-0.05, 0) is 6.42 Å². The van der Waals surface area contributed by atoms with E-state index in [4.69, 9.17) is 19.3 Å². The highest BCUT2D eigenvalue weighted by atomic mass is 16.7. The van der Waals surface area contributed by atoms with Crippen molar-refractivity contribution in [2.75, 3.05) is 26.4 Å². The first-order chi connectivity index (χ1) is 9.62. The van der Waals surface area contributed by atoms with Crippen LogP contribution in [-0.4, -0.2) is 77.6 Å². The van der Waals surface area contributed by atoms with E-state index in [0.717, 1.165) is 6.42 Å². The molecule has 120 valence electrons. The molecule has 0 spiro atoms. The third-order valence-electron chi connectivity index (χ3n) is 3.18. The Labute approximate surface area is 119 Å². The van der Waals surface area contributed by atoms with E-state index in [0.29, 0.717) is 12.8 Å². The average Bonchev–Trinajstić information content (AvgIpc) is 2.43. The van der Waals surface area contributed by atoms with Crippen LogP contribution in [0.25, 0.3) is 0 Å². The van der Waals surface area contributed by atoms with Gasteiger partial charge in [0.2, 0.25) is 0 Å². The van der Waals surface area contributed by atoms with Gasteiger partial charge in [-0.2, -0.15) is 0 Å². The zero-order valence-corrected chi connectivity index (χ0v) is 11.9. The third kappa shape index (κ3) is 5.61. The smallest absolute Gasteiger partial charge is 0.183 e. The van der Waals surface area contributed by atoms with Gasteiger partial charge in [-0.3, -0.25) is 0 Å². The molecule has 1 aliphatic rings. The summed E-state index contributed by atoms with van der Waals surface area (Å²) < 4.78 is 16.2. The van der Waals surface area contributed by atoms with Crippen molar-refractivity contribution in [3.8, 4) is 0 Å². The Morgan fingerprint density at radius 2 is 2.10 bits per heavy atom. The predicted molar refractivity (Wildman–Crippen MR) is 70.1 cm³/mol. The van der Waals surface area contributed by atoms with Crippen molar-refractivity contribution in [1.82, 2.24) is 0 Å². The Morgan fingerprint density at radius 1 is 1.35 bits per heavy atom. The molecule has 0 amide bonds. The summed E-state index contributed by atoms with van der Waals surface area (Å²) in [5.41, 5.74) is 0. The maximum atomic E-state index is 9.99. The molecule has 0 radical (unpaired) electrons. The molecule has 5 atom stereocenters. The van der Waals surface area contributed by atoms with Crippen LogP contribution in [-0.2, 0) is 14.2 Å². The molecule has 0 aliphatic carbocycles. The van der Waals surface area contributed by atoms with Crippen LogP contribution in [0.15, 0.2) is 0 Å². The van der Waals surface area contributed by atoms with E-state index >= 15 is 0 Å². The summed E-state index contributed by atoms with van der Waals surface area (Å²) in [5, 5.41) is 37.6. The minimum atomic E-state index is -0.907. The van der Waals surface area contributed by atoms with Crippen molar-refractivity contribution in [2.45, 2.75) is 56.9 Å². The molecule has 7 nitrogen and oxygen atoms in total. The van der Waals surface area contributed by atoms with Gasteiger partial charge in [0.1, 0.15) is 12.2 Å². The summed E-state index contributed by atoms with van der Waals surface area (Å²) in [6, 6.07) is 0. The Morgan fingerprint density at radius 3 is 2.70 bits per heavy atom. The summed E-state index contributed by atoms with van der Waals surface area (Å²) >= 11 is 0. The number of rotatable bonds is 9. The van der Waals surface area contributed by atoms with E-state index in [1.807, 2.05) is 6.92 Å². The Hall–Kier alpha value is -0.280. The molecule has 20 heavy (non-hydrogen) atoms. The van der Waals surface area contributed by atoms with E-state index in [1.165, 1.54) is 0 Å². The van der Waals surface area contributed by atoms with E-state index in [2.05, 4.69) is 0 Å². The van der Waals surface area contributed by atoms with Crippen LogP contribution in [0.1, 0.15) is 26.2 Å². The van der Waals surface area contributed by atoms with Crippen molar-refractivity contribution in [2.24, 2.45) is 0 Å². The van der Waals surface area contributed by atoms with Gasteiger partial charge in [-0.25, -0.2) is 0 Å². The number of aliphatic hydroxyl groups excluding tert-OH is 4. The summed E-state index contributed by atoms with van der Waals surface area (Å²) in [5.74, 6) is 0. The van der Waals surface area contributed by atoms with Gasteiger partial charge in [0, 0.05) is 6.42 Å². The molecule has 0 aromatic carbocycles. The van der Waals surface area contributed by atoms with Gasteiger partial charge in [-0.1, -0.05) is 13.3 Å². The molecule has 0 aromatic heterocycles. The second kappa shape index (κ2) is 9.62. The highest BCUT2D eigenvalue weighted by molar-refractivity contribution is 4.80. The van der Waals surface area contributed by atoms with Gasteiger partial charge in [0.15, 0.2) is 6.29 Å². The number of ether oxygens (including phenoxy) is 3. The van der Waals surface area contributed by atoms with E-state index in [1.54, 1.807) is 0 Å². The van der Waals surface area contributed by atoms with Crippen LogP contribution in [0.3, 0.4) is 0 Å². The second-order valence-electron chi connectivity index (χ2n) is 4.94. The quantitative estimate of drug-likeness (QED) is 0.404. The molecule has 0 saturated carbocycles. The first kappa shape index (κ1) is 17.8. The van der Waals surface area contributed by atoms with Gasteiger partial charge in [0.25, 0.3) is 0 Å². The lowest BCUT2D eigenvalue weighted by Crippen LogP contribution is -2.48. The van der Waals surface area contributed by atoms with E-state index in [-0.39, 0.29) is 26.4 Å². The highest BCUT2D eigenvalue weighted by Gasteiger charge is 2.34. The largest absolute Gasteiger partial charge is 0.394 e. The first-order valence-corrected chi connectivity index (χ1v) is 7.08. The molecule has 0 bridgehead atoms. The van der Waals surface area contributed by atoms with Crippen molar-refractivity contribution >= 4 is 0 Å². The molecule has 3 unspecified atom stereocenters. The van der Waals surface area contributed by atoms with Gasteiger partial charge in [0.05, 0.1) is 38.6 Å². The Kier molecular flexibility index (Phi) is 8.55. The Bertz CT molecular complexity index is 251. The van der Waals surface area contributed by atoms with Gasteiger partial charge < -0.3 is 34.6 Å². The van der Waals surface area contributed by atoms with Crippen LogP contribution in [0.5, 0.6) is 0 Å². The topological polar surface area (TPSA) is 109 Å². The fourth-order valence-electron chi connectivity index (χ4n) is 2.16. The lowest BCUT2D eigenvalue weighted by Gasteiger charge is -2.36. The van der Waals surface area contributed by atoms with E-state index in [9.17, 15) is 15.3 Å². The lowest BCUT2D eigenvalue weighted by atomic mass is 10.0. The average molecular weight is 294 g/mol. The summed E-state index contributed by atoms with van der Waals surface area (Å²) in [6.45, 7) is 1.73. The molecule has 4 N–H and O–H groups in total.